The van der Waals surface area contributed by atoms with E-state index in [0.29, 0.717) is 5.84 Å². The van der Waals surface area contributed by atoms with E-state index >= 15 is 0 Å². The van der Waals surface area contributed by atoms with Crippen LogP contribution in [0.25, 0.3) is 0 Å². The topological polar surface area (TPSA) is 64.4 Å². The standard InChI is InChI=1S/C10H19N3S/c1-4-5-13-9(12)8-7(11)6-10(2,3)14-8/h4-6,11H2,1-3H3,(H2,12,13). The molecule has 0 unspecified atom stereocenters. The molecule has 80 valence electrons. The fraction of sp³-hybridized carbons (Fsp3) is 0.700. The van der Waals surface area contributed by atoms with Gasteiger partial charge in [0.25, 0.3) is 0 Å². The van der Waals surface area contributed by atoms with Crippen molar-refractivity contribution >= 4 is 17.6 Å². The van der Waals surface area contributed by atoms with Gasteiger partial charge in [0.15, 0.2) is 0 Å². The van der Waals surface area contributed by atoms with Crippen molar-refractivity contribution in [2.24, 2.45) is 16.5 Å². The number of hydrogen-bond acceptors (Lipinski definition) is 3. The fourth-order valence-corrected chi connectivity index (χ4v) is 2.59. The average molecular weight is 213 g/mol. The molecule has 14 heavy (non-hydrogen) atoms. The van der Waals surface area contributed by atoms with Crippen molar-refractivity contribution in [2.45, 2.75) is 38.4 Å². The molecule has 0 amide bonds. The summed E-state index contributed by atoms with van der Waals surface area (Å²) in [4.78, 5) is 5.27. The lowest BCUT2D eigenvalue weighted by Crippen LogP contribution is -2.16. The van der Waals surface area contributed by atoms with Crippen molar-refractivity contribution in [3.05, 3.63) is 10.6 Å². The summed E-state index contributed by atoms with van der Waals surface area (Å²) in [6, 6.07) is 0. The molecule has 0 aromatic heterocycles. The minimum atomic E-state index is 0.172. The molecule has 0 spiro atoms. The summed E-state index contributed by atoms with van der Waals surface area (Å²) in [5, 5.41) is 0. The van der Waals surface area contributed by atoms with Crippen LogP contribution in [0.2, 0.25) is 0 Å². The monoisotopic (exact) mass is 213 g/mol. The molecule has 1 heterocycles. The average Bonchev–Trinajstić information content (AvgIpc) is 2.35. The van der Waals surface area contributed by atoms with E-state index < -0.39 is 0 Å². The molecule has 0 aromatic rings. The van der Waals surface area contributed by atoms with Crippen LogP contribution in [-0.4, -0.2) is 17.1 Å². The molecule has 1 aliphatic rings. The minimum Gasteiger partial charge on any atom is -0.401 e. The molecule has 4 heteroatoms. The van der Waals surface area contributed by atoms with Gasteiger partial charge in [0.1, 0.15) is 5.84 Å². The molecule has 1 rings (SSSR count). The van der Waals surface area contributed by atoms with Crippen molar-refractivity contribution in [2.75, 3.05) is 6.54 Å². The summed E-state index contributed by atoms with van der Waals surface area (Å²) in [6.07, 6.45) is 1.91. The Morgan fingerprint density at radius 2 is 2.21 bits per heavy atom. The molecule has 0 saturated heterocycles. The number of amidine groups is 1. The molecule has 1 aliphatic heterocycles. The molecule has 0 bridgehead atoms. The normalized spacial score (nSPS) is 21.8. The van der Waals surface area contributed by atoms with Gasteiger partial charge in [-0.15, -0.1) is 11.8 Å². The van der Waals surface area contributed by atoms with Crippen LogP contribution in [0.4, 0.5) is 0 Å². The zero-order valence-corrected chi connectivity index (χ0v) is 9.95. The van der Waals surface area contributed by atoms with Crippen molar-refractivity contribution < 1.29 is 0 Å². The third-order valence-corrected chi connectivity index (χ3v) is 3.40. The van der Waals surface area contributed by atoms with Crippen molar-refractivity contribution in [1.29, 1.82) is 0 Å². The number of rotatable bonds is 3. The first-order valence-corrected chi connectivity index (χ1v) is 5.76. The quantitative estimate of drug-likeness (QED) is 0.555. The maximum atomic E-state index is 5.93. The van der Waals surface area contributed by atoms with Gasteiger partial charge in [-0.05, 0) is 20.3 Å². The van der Waals surface area contributed by atoms with E-state index in [1.807, 2.05) is 0 Å². The molecule has 4 N–H and O–H groups in total. The smallest absolute Gasteiger partial charge is 0.133 e. The van der Waals surface area contributed by atoms with E-state index in [2.05, 4.69) is 25.8 Å². The van der Waals surface area contributed by atoms with Gasteiger partial charge >= 0.3 is 0 Å². The molecule has 0 radical (unpaired) electrons. The third-order valence-electron chi connectivity index (χ3n) is 2.02. The lowest BCUT2D eigenvalue weighted by atomic mass is 10.1. The lowest BCUT2D eigenvalue weighted by Gasteiger charge is -2.15. The Hall–Kier alpha value is -0.640. The van der Waals surface area contributed by atoms with Gasteiger partial charge in [-0.1, -0.05) is 6.92 Å². The predicted octanol–water partition coefficient (Wildman–Crippen LogP) is 1.84. The van der Waals surface area contributed by atoms with E-state index in [9.17, 15) is 0 Å². The minimum absolute atomic E-state index is 0.172. The second-order valence-electron chi connectivity index (χ2n) is 4.16. The number of hydrogen-bond donors (Lipinski definition) is 2. The highest BCUT2D eigenvalue weighted by atomic mass is 32.2. The first-order valence-electron chi connectivity index (χ1n) is 4.94. The van der Waals surface area contributed by atoms with E-state index in [4.69, 9.17) is 11.5 Å². The predicted molar refractivity (Wildman–Crippen MR) is 64.3 cm³/mol. The number of aliphatic imine (C=N–C) groups is 1. The van der Waals surface area contributed by atoms with E-state index in [-0.39, 0.29) is 4.75 Å². The van der Waals surface area contributed by atoms with Gasteiger partial charge in [-0.3, -0.25) is 4.99 Å². The molecule has 0 saturated carbocycles. The van der Waals surface area contributed by atoms with Crippen LogP contribution in [0.1, 0.15) is 33.6 Å². The SMILES string of the molecule is CCCN=C(N)C1=C(N)CC(C)(C)S1. The fourth-order valence-electron chi connectivity index (χ4n) is 1.44. The number of nitrogens with two attached hydrogens (primary N) is 2. The number of thioether (sulfide) groups is 1. The molecule has 0 fully saturated rings. The number of nitrogens with zero attached hydrogens (tertiary/aromatic N) is 1. The Morgan fingerprint density at radius 1 is 1.57 bits per heavy atom. The summed E-state index contributed by atoms with van der Waals surface area (Å²) in [7, 11) is 0. The maximum absolute atomic E-state index is 5.93. The summed E-state index contributed by atoms with van der Waals surface area (Å²) in [5.74, 6) is 0.611. The first kappa shape index (κ1) is 11.4. The Balaban J connectivity index is 2.74. The Morgan fingerprint density at radius 3 is 2.64 bits per heavy atom. The highest BCUT2D eigenvalue weighted by molar-refractivity contribution is 8.05. The summed E-state index contributed by atoms with van der Waals surface area (Å²) < 4.78 is 0.172. The summed E-state index contributed by atoms with van der Waals surface area (Å²) >= 11 is 1.73. The van der Waals surface area contributed by atoms with E-state index in [1.54, 1.807) is 11.8 Å². The highest BCUT2D eigenvalue weighted by Gasteiger charge is 2.31. The van der Waals surface area contributed by atoms with Gasteiger partial charge in [-0.2, -0.15) is 0 Å². The first-order chi connectivity index (χ1) is 6.46. The Kier molecular flexibility index (Phi) is 3.48. The van der Waals surface area contributed by atoms with Crippen LogP contribution in [0.3, 0.4) is 0 Å². The molecule has 0 atom stereocenters. The zero-order valence-electron chi connectivity index (χ0n) is 9.13. The Bertz CT molecular complexity index is 279. The van der Waals surface area contributed by atoms with Gasteiger partial charge in [0.05, 0.1) is 4.91 Å². The Labute approximate surface area is 90.0 Å². The van der Waals surface area contributed by atoms with Gasteiger partial charge in [0.2, 0.25) is 0 Å². The largest absolute Gasteiger partial charge is 0.401 e. The highest BCUT2D eigenvalue weighted by Crippen LogP contribution is 2.43. The molecule has 3 nitrogen and oxygen atoms in total. The van der Waals surface area contributed by atoms with Gasteiger partial charge in [-0.25, -0.2) is 0 Å². The molecular formula is C10H19N3S. The van der Waals surface area contributed by atoms with Crippen LogP contribution < -0.4 is 11.5 Å². The van der Waals surface area contributed by atoms with E-state index in [1.165, 1.54) is 0 Å². The number of allylic oxidation sites excluding steroid dienone is 1. The lowest BCUT2D eigenvalue weighted by molar-refractivity contribution is 0.713. The van der Waals surface area contributed by atoms with Crippen LogP contribution in [0, 0.1) is 0 Å². The second-order valence-corrected chi connectivity index (χ2v) is 5.88. The second kappa shape index (κ2) is 4.26. The van der Waals surface area contributed by atoms with Crippen molar-refractivity contribution in [3.63, 3.8) is 0 Å². The van der Waals surface area contributed by atoms with Crippen LogP contribution in [-0.2, 0) is 0 Å². The van der Waals surface area contributed by atoms with Crippen LogP contribution in [0.15, 0.2) is 15.6 Å². The van der Waals surface area contributed by atoms with Gasteiger partial charge < -0.3 is 11.5 Å². The van der Waals surface area contributed by atoms with Crippen LogP contribution >= 0.6 is 11.8 Å². The van der Waals surface area contributed by atoms with Gasteiger partial charge in [0, 0.05) is 23.4 Å². The van der Waals surface area contributed by atoms with Crippen molar-refractivity contribution in [3.8, 4) is 0 Å². The summed E-state index contributed by atoms with van der Waals surface area (Å²) in [6.45, 7) is 7.21. The van der Waals surface area contributed by atoms with Crippen LogP contribution in [0.5, 0.6) is 0 Å². The molecular weight excluding hydrogens is 194 g/mol. The third kappa shape index (κ3) is 2.67. The molecule has 0 aliphatic carbocycles. The zero-order chi connectivity index (χ0) is 10.8. The van der Waals surface area contributed by atoms with Crippen molar-refractivity contribution in [1.82, 2.24) is 0 Å². The summed E-state index contributed by atoms with van der Waals surface area (Å²) in [5.41, 5.74) is 12.7. The molecule has 0 aromatic carbocycles. The van der Waals surface area contributed by atoms with E-state index in [0.717, 1.165) is 30.0 Å². The maximum Gasteiger partial charge on any atom is 0.133 e.